The number of halogens is 1. The number of hydrogen-bond donors (Lipinski definition) is 1. The van der Waals surface area contributed by atoms with Gasteiger partial charge in [0.1, 0.15) is 25.5 Å². The van der Waals surface area contributed by atoms with Crippen molar-refractivity contribution in [2.75, 3.05) is 54.1 Å². The number of nitro groups is 1. The zero-order valence-corrected chi connectivity index (χ0v) is 38.2. The number of carbonyl (C=O) groups excluding carboxylic acids is 2. The lowest BCUT2D eigenvalue weighted by molar-refractivity contribution is -0.870. The third-order valence-corrected chi connectivity index (χ3v) is 11.2. The Bertz CT molecular complexity index is 1310. The minimum atomic E-state index is -4.66. The molecule has 0 saturated carbocycles. The van der Waals surface area contributed by atoms with Gasteiger partial charge in [-0.05, 0) is 41.9 Å². The second-order valence-electron chi connectivity index (χ2n) is 15.8. The molecule has 330 valence electrons. The summed E-state index contributed by atoms with van der Waals surface area (Å²) in [6.07, 6.45) is 20.7. The van der Waals surface area contributed by atoms with Crippen molar-refractivity contribution in [3.8, 4) is 5.75 Å². The first kappa shape index (κ1) is 53.1. The molecule has 0 amide bonds. The van der Waals surface area contributed by atoms with Crippen molar-refractivity contribution in [2.24, 2.45) is 0 Å². The topological polar surface area (TPSA) is 184 Å². The molecule has 0 aromatic heterocycles. The number of carbonyl (C=O) groups is 2. The van der Waals surface area contributed by atoms with Crippen molar-refractivity contribution < 1.29 is 56.8 Å². The van der Waals surface area contributed by atoms with Gasteiger partial charge in [-0.25, -0.2) is 0 Å². The molecular weight excluding hydrogens is 870 g/mol. The van der Waals surface area contributed by atoms with Crippen LogP contribution in [0, 0.1) is 13.7 Å². The molecule has 0 fully saturated rings. The zero-order valence-electron chi connectivity index (χ0n) is 35.2. The lowest BCUT2D eigenvalue weighted by atomic mass is 10.1. The van der Waals surface area contributed by atoms with E-state index in [2.05, 4.69) is 6.92 Å². The number of non-ortho nitro benzene ring substituents is 1. The van der Waals surface area contributed by atoms with Gasteiger partial charge in [0.05, 0.1) is 42.9 Å². The lowest BCUT2D eigenvalue weighted by Crippen LogP contribution is -2.37. The normalized spacial score (nSPS) is 13.3. The van der Waals surface area contributed by atoms with Crippen molar-refractivity contribution in [2.45, 2.75) is 161 Å². The fourth-order valence-electron chi connectivity index (χ4n) is 5.94. The van der Waals surface area contributed by atoms with Crippen LogP contribution in [0.15, 0.2) is 12.1 Å². The van der Waals surface area contributed by atoms with Crippen LogP contribution in [0.3, 0.4) is 0 Å². The monoisotopic (exact) mass is 942 g/mol. The van der Waals surface area contributed by atoms with Crippen LogP contribution in [0.25, 0.3) is 0 Å². The largest absolute Gasteiger partial charge is 0.756 e. The number of rotatable bonds is 37. The number of nitrogens with zero attached hydrogens (tertiary/aromatic N) is 2. The molecule has 16 heteroatoms. The highest BCUT2D eigenvalue weighted by Gasteiger charge is 2.22. The predicted molar refractivity (Wildman–Crippen MR) is 228 cm³/mol. The maximum absolute atomic E-state index is 12.7. The van der Waals surface area contributed by atoms with Gasteiger partial charge >= 0.3 is 11.9 Å². The standard InChI is InChI=1S/C41H72IN2O12P/c1-5-6-7-8-9-10-11-13-16-19-22-25-39(45)53-33-37(34-55-57(50,51)54-29-27-44(2,3)4)56-40(46)26-23-20-17-14-12-15-18-21-24-28-52-32-35-30-36(43(48)49)31-38(42)41(35)47/h30-31,37H,5-29,32-34H2,1-4H3,(H-,47,50,51)/t37-/m0/s1. The van der Waals surface area contributed by atoms with Gasteiger partial charge in [0.25, 0.3) is 13.5 Å². The van der Waals surface area contributed by atoms with Crippen LogP contribution in [0.4, 0.5) is 5.69 Å². The Hall–Kier alpha value is -1.88. The van der Waals surface area contributed by atoms with Crippen molar-refractivity contribution in [1.82, 2.24) is 0 Å². The molecule has 0 bridgehead atoms. The number of esters is 2. The maximum atomic E-state index is 12.7. The van der Waals surface area contributed by atoms with Crippen molar-refractivity contribution in [1.29, 1.82) is 0 Å². The van der Waals surface area contributed by atoms with E-state index in [1.54, 1.807) is 0 Å². The number of benzene rings is 1. The average Bonchev–Trinajstić information content (AvgIpc) is 3.14. The van der Waals surface area contributed by atoms with Crippen molar-refractivity contribution >= 4 is 48.0 Å². The van der Waals surface area contributed by atoms with E-state index < -0.39 is 37.4 Å². The summed E-state index contributed by atoms with van der Waals surface area (Å²) in [5.74, 6) is -0.909. The molecule has 14 nitrogen and oxygen atoms in total. The van der Waals surface area contributed by atoms with Crippen LogP contribution < -0.4 is 4.89 Å². The molecular formula is C41H72IN2O12P. The number of phosphoric acid groups is 1. The molecule has 2 atom stereocenters. The maximum Gasteiger partial charge on any atom is 0.306 e. The number of unbranched alkanes of at least 4 members (excludes halogenated alkanes) is 18. The minimum Gasteiger partial charge on any atom is -0.756 e. The number of nitro benzene ring substituents is 1. The van der Waals surface area contributed by atoms with Crippen LogP contribution in [0.1, 0.15) is 154 Å². The highest BCUT2D eigenvalue weighted by atomic mass is 127. The number of phenols is 1. The van der Waals surface area contributed by atoms with Crippen LogP contribution >= 0.6 is 30.4 Å². The number of quaternary nitrogens is 1. The molecule has 1 rings (SSSR count). The molecule has 0 spiro atoms. The van der Waals surface area contributed by atoms with E-state index in [0.29, 0.717) is 39.6 Å². The molecule has 0 aliphatic carbocycles. The Morgan fingerprint density at radius 1 is 0.772 bits per heavy atom. The summed E-state index contributed by atoms with van der Waals surface area (Å²) in [5.41, 5.74) is 0.335. The number of phosphoric ester groups is 1. The quantitative estimate of drug-likeness (QED) is 0.0127. The summed E-state index contributed by atoms with van der Waals surface area (Å²) in [7, 11) is 1.07. The summed E-state index contributed by atoms with van der Waals surface area (Å²) in [6, 6.07) is 2.67. The third kappa shape index (κ3) is 29.9. The lowest BCUT2D eigenvalue weighted by Gasteiger charge is -2.28. The van der Waals surface area contributed by atoms with Gasteiger partial charge in [-0.15, -0.1) is 0 Å². The smallest absolute Gasteiger partial charge is 0.306 e. The molecule has 1 aromatic rings. The molecule has 57 heavy (non-hydrogen) atoms. The summed E-state index contributed by atoms with van der Waals surface area (Å²) in [5, 5.41) is 21.2. The van der Waals surface area contributed by atoms with Gasteiger partial charge in [-0.2, -0.15) is 0 Å². The molecule has 1 unspecified atom stereocenters. The molecule has 0 saturated heterocycles. The van der Waals surface area contributed by atoms with Gasteiger partial charge < -0.3 is 37.7 Å². The van der Waals surface area contributed by atoms with E-state index >= 15 is 0 Å². The van der Waals surface area contributed by atoms with Crippen molar-refractivity contribution in [3.63, 3.8) is 0 Å². The molecule has 0 aliphatic heterocycles. The first-order valence-corrected chi connectivity index (χ1v) is 23.7. The van der Waals surface area contributed by atoms with Crippen molar-refractivity contribution in [3.05, 3.63) is 31.4 Å². The summed E-state index contributed by atoms with van der Waals surface area (Å²) in [4.78, 5) is 48.1. The fourth-order valence-corrected chi connectivity index (χ4v) is 7.33. The molecule has 0 heterocycles. The van der Waals surface area contributed by atoms with E-state index in [0.717, 1.165) is 70.6 Å². The van der Waals surface area contributed by atoms with Crippen LogP contribution in [0.5, 0.6) is 5.75 Å². The van der Waals surface area contributed by atoms with E-state index in [1.165, 1.54) is 57.1 Å². The number of hydrogen-bond acceptors (Lipinski definition) is 12. The highest BCUT2D eigenvalue weighted by Crippen LogP contribution is 2.38. The Morgan fingerprint density at radius 2 is 1.28 bits per heavy atom. The number of aromatic hydroxyl groups is 1. The summed E-state index contributed by atoms with van der Waals surface area (Å²) in [6.45, 7) is 2.43. The molecule has 1 aromatic carbocycles. The van der Waals surface area contributed by atoms with Gasteiger partial charge in [-0.3, -0.25) is 24.3 Å². The zero-order chi connectivity index (χ0) is 42.4. The van der Waals surface area contributed by atoms with Crippen LogP contribution in [-0.4, -0.2) is 86.7 Å². The van der Waals surface area contributed by atoms with Gasteiger partial charge in [0.15, 0.2) is 6.10 Å². The molecule has 1 N–H and O–H groups in total. The van der Waals surface area contributed by atoms with Gasteiger partial charge in [-0.1, -0.05) is 116 Å². The Balaban J connectivity index is 2.30. The second-order valence-corrected chi connectivity index (χ2v) is 18.4. The third-order valence-electron chi connectivity index (χ3n) is 9.41. The van der Waals surface area contributed by atoms with E-state index in [9.17, 15) is 34.3 Å². The number of likely N-dealkylation sites (N-methyl/N-ethyl adjacent to an activating group) is 1. The van der Waals surface area contributed by atoms with Gasteiger partial charge in [0, 0.05) is 37.1 Å². The Labute approximate surface area is 355 Å². The Morgan fingerprint density at radius 3 is 1.81 bits per heavy atom. The SMILES string of the molecule is CCCCCCCCCCCCCC(=O)OC[C@@H](COP(=O)([O-])OCC[N+](C)(C)C)OC(=O)CCCCCCCCCCCOCc1cc([N+](=O)[O-])cc(I)c1O. The van der Waals surface area contributed by atoms with E-state index in [4.69, 9.17) is 23.3 Å². The van der Waals surface area contributed by atoms with E-state index in [-0.39, 0.29) is 44.1 Å². The summed E-state index contributed by atoms with van der Waals surface area (Å²) >= 11 is 1.87. The minimum absolute atomic E-state index is 0.0143. The summed E-state index contributed by atoms with van der Waals surface area (Å²) < 4.78 is 39.8. The number of ether oxygens (including phenoxy) is 3. The fraction of sp³-hybridized carbons (Fsp3) is 0.805. The first-order chi connectivity index (χ1) is 27.1. The Kier molecular flexibility index (Phi) is 29.8. The van der Waals surface area contributed by atoms with E-state index in [1.807, 2.05) is 43.7 Å². The molecule has 0 aliphatic rings. The first-order valence-electron chi connectivity index (χ1n) is 21.1. The predicted octanol–water partition coefficient (Wildman–Crippen LogP) is 9.69. The van der Waals surface area contributed by atoms with Crippen LogP contribution in [-0.2, 0) is 44.0 Å². The van der Waals surface area contributed by atoms with Crippen LogP contribution in [0.2, 0.25) is 0 Å². The van der Waals surface area contributed by atoms with Gasteiger partial charge in [0.2, 0.25) is 0 Å². The number of phenolic OH excluding ortho intramolecular Hbond substituents is 1. The molecule has 0 radical (unpaired) electrons. The average molecular weight is 943 g/mol. The highest BCUT2D eigenvalue weighted by molar-refractivity contribution is 14.1. The second kappa shape index (κ2) is 32.0.